The second-order valence-corrected chi connectivity index (χ2v) is 4.86. The Bertz CT molecular complexity index is 342. The maximum absolute atomic E-state index is 11.6. The number of carbonyl (C=O) groups excluding carboxylic acids is 1. The van der Waals surface area contributed by atoms with Gasteiger partial charge in [-0.3, -0.25) is 4.79 Å². The molecule has 76 valence electrons. The SMILES string of the molecule is CC(C)c1nc(C(=O)NC2CC2)cs1. The van der Waals surface area contributed by atoms with Crippen LogP contribution in [0.25, 0.3) is 0 Å². The van der Waals surface area contributed by atoms with Crippen molar-refractivity contribution >= 4 is 17.2 Å². The summed E-state index contributed by atoms with van der Waals surface area (Å²) in [6.07, 6.45) is 2.24. The standard InChI is InChI=1S/C10H14N2OS/c1-6(2)10-12-8(5-14-10)9(13)11-7-3-4-7/h5-7H,3-4H2,1-2H3,(H,11,13). The highest BCUT2D eigenvalue weighted by Crippen LogP contribution is 2.21. The number of aromatic nitrogens is 1. The largest absolute Gasteiger partial charge is 0.348 e. The molecule has 0 atom stereocenters. The van der Waals surface area contributed by atoms with E-state index in [0.29, 0.717) is 17.7 Å². The van der Waals surface area contributed by atoms with Gasteiger partial charge in [0.2, 0.25) is 0 Å². The average Bonchev–Trinajstić information content (AvgIpc) is 2.81. The molecule has 1 amide bonds. The topological polar surface area (TPSA) is 42.0 Å². The lowest BCUT2D eigenvalue weighted by Gasteiger charge is -1.99. The summed E-state index contributed by atoms with van der Waals surface area (Å²) in [4.78, 5) is 15.9. The Morgan fingerprint density at radius 3 is 2.86 bits per heavy atom. The lowest BCUT2D eigenvalue weighted by Crippen LogP contribution is -2.25. The predicted molar refractivity (Wildman–Crippen MR) is 56.7 cm³/mol. The molecule has 1 N–H and O–H groups in total. The molecule has 1 saturated carbocycles. The fourth-order valence-corrected chi connectivity index (χ4v) is 1.96. The van der Waals surface area contributed by atoms with Crippen molar-refractivity contribution in [2.24, 2.45) is 0 Å². The molecule has 0 radical (unpaired) electrons. The van der Waals surface area contributed by atoms with Crippen LogP contribution in [-0.4, -0.2) is 16.9 Å². The van der Waals surface area contributed by atoms with Crippen molar-refractivity contribution in [3.8, 4) is 0 Å². The summed E-state index contributed by atoms with van der Waals surface area (Å²) in [5.74, 6) is 0.387. The number of nitrogens with zero attached hydrogens (tertiary/aromatic N) is 1. The summed E-state index contributed by atoms with van der Waals surface area (Å²) in [5, 5.41) is 5.80. The average molecular weight is 210 g/mol. The Balaban J connectivity index is 2.03. The highest BCUT2D eigenvalue weighted by atomic mass is 32.1. The van der Waals surface area contributed by atoms with E-state index >= 15 is 0 Å². The summed E-state index contributed by atoms with van der Waals surface area (Å²) in [6.45, 7) is 4.17. The maximum Gasteiger partial charge on any atom is 0.270 e. The molecular weight excluding hydrogens is 196 g/mol. The third kappa shape index (κ3) is 2.12. The first-order chi connectivity index (χ1) is 6.66. The lowest BCUT2D eigenvalue weighted by molar-refractivity contribution is 0.0946. The summed E-state index contributed by atoms with van der Waals surface area (Å²) in [6, 6.07) is 0.409. The number of hydrogen-bond acceptors (Lipinski definition) is 3. The molecule has 1 heterocycles. The van der Waals surface area contributed by atoms with Crippen LogP contribution in [0, 0.1) is 0 Å². The van der Waals surface area contributed by atoms with Crippen LogP contribution in [0.2, 0.25) is 0 Å². The van der Waals surface area contributed by atoms with Crippen molar-refractivity contribution in [3.63, 3.8) is 0 Å². The smallest absolute Gasteiger partial charge is 0.270 e. The van der Waals surface area contributed by atoms with Crippen LogP contribution in [0.5, 0.6) is 0 Å². The molecule has 0 aromatic carbocycles. The zero-order valence-electron chi connectivity index (χ0n) is 8.41. The van der Waals surface area contributed by atoms with Gasteiger partial charge < -0.3 is 5.32 Å². The van der Waals surface area contributed by atoms with Gasteiger partial charge in [-0.2, -0.15) is 0 Å². The fourth-order valence-electron chi connectivity index (χ4n) is 1.14. The van der Waals surface area contributed by atoms with Crippen molar-refractivity contribution in [1.29, 1.82) is 0 Å². The van der Waals surface area contributed by atoms with Gasteiger partial charge in [0, 0.05) is 17.3 Å². The second-order valence-electron chi connectivity index (χ2n) is 3.97. The van der Waals surface area contributed by atoms with Crippen molar-refractivity contribution in [2.45, 2.75) is 38.6 Å². The zero-order chi connectivity index (χ0) is 10.1. The Morgan fingerprint density at radius 2 is 2.36 bits per heavy atom. The van der Waals surface area contributed by atoms with Crippen molar-refractivity contribution < 1.29 is 4.79 Å². The molecule has 1 aliphatic carbocycles. The van der Waals surface area contributed by atoms with Crippen LogP contribution in [0.1, 0.15) is 48.1 Å². The second kappa shape index (κ2) is 3.69. The molecule has 2 rings (SSSR count). The molecule has 0 aliphatic heterocycles. The van der Waals surface area contributed by atoms with Gasteiger partial charge in [-0.1, -0.05) is 13.8 Å². The van der Waals surface area contributed by atoms with E-state index in [-0.39, 0.29) is 5.91 Å². The Labute approximate surface area is 87.6 Å². The Morgan fingerprint density at radius 1 is 1.64 bits per heavy atom. The van der Waals surface area contributed by atoms with Gasteiger partial charge in [0.15, 0.2) is 0 Å². The molecule has 0 bridgehead atoms. The van der Waals surface area contributed by atoms with Crippen LogP contribution in [0.4, 0.5) is 0 Å². The van der Waals surface area contributed by atoms with Crippen molar-refractivity contribution in [3.05, 3.63) is 16.1 Å². The first kappa shape index (κ1) is 9.65. The van der Waals surface area contributed by atoms with Gasteiger partial charge >= 0.3 is 0 Å². The number of hydrogen-bond donors (Lipinski definition) is 1. The van der Waals surface area contributed by atoms with Gasteiger partial charge in [-0.15, -0.1) is 11.3 Å². The number of amides is 1. The van der Waals surface area contributed by atoms with E-state index in [2.05, 4.69) is 24.1 Å². The Hall–Kier alpha value is -0.900. The molecule has 1 fully saturated rings. The first-order valence-electron chi connectivity index (χ1n) is 4.93. The first-order valence-corrected chi connectivity index (χ1v) is 5.81. The molecule has 14 heavy (non-hydrogen) atoms. The van der Waals surface area contributed by atoms with Crippen molar-refractivity contribution in [2.75, 3.05) is 0 Å². The zero-order valence-corrected chi connectivity index (χ0v) is 9.23. The monoisotopic (exact) mass is 210 g/mol. The van der Waals surface area contributed by atoms with E-state index in [1.54, 1.807) is 11.3 Å². The van der Waals surface area contributed by atoms with Gasteiger partial charge in [-0.05, 0) is 12.8 Å². The van der Waals surface area contributed by atoms with Crippen LogP contribution in [0.3, 0.4) is 0 Å². The maximum atomic E-state index is 11.6. The summed E-state index contributed by atoms with van der Waals surface area (Å²) >= 11 is 1.56. The molecule has 0 spiro atoms. The third-order valence-electron chi connectivity index (χ3n) is 2.16. The highest BCUT2D eigenvalue weighted by molar-refractivity contribution is 7.09. The number of rotatable bonds is 3. The minimum absolute atomic E-state index is 0.0179. The predicted octanol–water partition coefficient (Wildman–Crippen LogP) is 2.16. The van der Waals surface area contributed by atoms with E-state index in [4.69, 9.17) is 0 Å². The number of thiazole rings is 1. The van der Waals surface area contributed by atoms with Gasteiger partial charge in [0.1, 0.15) is 5.69 Å². The lowest BCUT2D eigenvalue weighted by atomic mass is 10.2. The molecule has 4 heteroatoms. The highest BCUT2D eigenvalue weighted by Gasteiger charge is 2.24. The molecule has 1 aliphatic rings. The van der Waals surface area contributed by atoms with E-state index < -0.39 is 0 Å². The van der Waals surface area contributed by atoms with Gasteiger partial charge in [-0.25, -0.2) is 4.98 Å². The minimum atomic E-state index is -0.0179. The molecule has 0 saturated heterocycles. The van der Waals surface area contributed by atoms with E-state index in [1.807, 2.05) is 5.38 Å². The van der Waals surface area contributed by atoms with E-state index in [9.17, 15) is 4.79 Å². The Kier molecular flexibility index (Phi) is 2.54. The van der Waals surface area contributed by atoms with Gasteiger partial charge in [0.05, 0.1) is 5.01 Å². The van der Waals surface area contributed by atoms with Crippen LogP contribution in [0.15, 0.2) is 5.38 Å². The van der Waals surface area contributed by atoms with Crippen LogP contribution in [-0.2, 0) is 0 Å². The number of carbonyl (C=O) groups is 1. The fraction of sp³-hybridized carbons (Fsp3) is 0.600. The molecule has 1 aromatic heterocycles. The van der Waals surface area contributed by atoms with E-state index in [1.165, 1.54) is 0 Å². The quantitative estimate of drug-likeness (QED) is 0.830. The van der Waals surface area contributed by atoms with Gasteiger partial charge in [0.25, 0.3) is 5.91 Å². The summed E-state index contributed by atoms with van der Waals surface area (Å²) < 4.78 is 0. The van der Waals surface area contributed by atoms with Crippen molar-refractivity contribution in [1.82, 2.24) is 10.3 Å². The summed E-state index contributed by atoms with van der Waals surface area (Å²) in [5.41, 5.74) is 0.575. The number of nitrogens with one attached hydrogen (secondary N) is 1. The third-order valence-corrected chi connectivity index (χ3v) is 3.31. The van der Waals surface area contributed by atoms with Crippen LogP contribution < -0.4 is 5.32 Å². The van der Waals surface area contributed by atoms with Crippen LogP contribution >= 0.6 is 11.3 Å². The minimum Gasteiger partial charge on any atom is -0.348 e. The molecular formula is C10H14N2OS. The molecule has 1 aromatic rings. The molecule has 0 unspecified atom stereocenters. The van der Waals surface area contributed by atoms with E-state index in [0.717, 1.165) is 17.8 Å². The normalized spacial score (nSPS) is 15.9. The summed E-state index contributed by atoms with van der Waals surface area (Å²) in [7, 11) is 0. The molecule has 3 nitrogen and oxygen atoms in total.